The van der Waals surface area contributed by atoms with Crippen LogP contribution in [-0.4, -0.2) is 22.1 Å². The number of hydrogen-bond donors (Lipinski definition) is 3. The van der Waals surface area contributed by atoms with Crippen molar-refractivity contribution in [3.05, 3.63) is 57.8 Å². The van der Waals surface area contributed by atoms with E-state index in [4.69, 9.17) is 5.11 Å². The van der Waals surface area contributed by atoms with Gasteiger partial charge < -0.3 is 15.5 Å². The molecule has 0 fully saturated rings. The van der Waals surface area contributed by atoms with Gasteiger partial charge in [0.15, 0.2) is 5.75 Å². The number of para-hydroxylation sites is 1. The molecule has 5 nitrogen and oxygen atoms in total. The van der Waals surface area contributed by atoms with Gasteiger partial charge >= 0.3 is 5.97 Å². The molecular weight excluding hydrogens is 345 g/mol. The number of hydrogen-bond acceptors (Lipinski definition) is 3. The summed E-state index contributed by atoms with van der Waals surface area (Å²) in [6, 6.07) is 7.70. The highest BCUT2D eigenvalue weighted by molar-refractivity contribution is 9.10. The van der Waals surface area contributed by atoms with Gasteiger partial charge in [0.2, 0.25) is 0 Å². The van der Waals surface area contributed by atoms with E-state index in [0.717, 1.165) is 6.07 Å². The molecule has 0 aliphatic heterocycles. The number of phenols is 1. The van der Waals surface area contributed by atoms with Gasteiger partial charge in [-0.3, -0.25) is 4.79 Å². The molecule has 108 valence electrons. The van der Waals surface area contributed by atoms with Gasteiger partial charge in [0.25, 0.3) is 5.91 Å². The fourth-order valence-electron chi connectivity index (χ4n) is 1.68. The number of carbonyl (C=O) groups excluding carboxylic acids is 1. The van der Waals surface area contributed by atoms with Crippen molar-refractivity contribution in [3.8, 4) is 5.75 Å². The molecule has 3 N–H and O–H groups in total. The van der Waals surface area contributed by atoms with Gasteiger partial charge in [0, 0.05) is 4.47 Å². The quantitative estimate of drug-likeness (QED) is 0.739. The molecule has 2 rings (SSSR count). The number of carboxylic acid groups (broad SMARTS) is 1. The highest BCUT2D eigenvalue weighted by Crippen LogP contribution is 2.28. The van der Waals surface area contributed by atoms with Gasteiger partial charge in [-0.25, -0.2) is 9.18 Å². The Labute approximate surface area is 127 Å². The van der Waals surface area contributed by atoms with Crippen molar-refractivity contribution in [2.45, 2.75) is 0 Å². The topological polar surface area (TPSA) is 86.6 Å². The first-order valence-corrected chi connectivity index (χ1v) is 6.51. The lowest BCUT2D eigenvalue weighted by atomic mass is 10.1. The Hall–Kier alpha value is -2.41. The summed E-state index contributed by atoms with van der Waals surface area (Å²) < 4.78 is 14.1. The highest BCUT2D eigenvalue weighted by Gasteiger charge is 2.17. The Morgan fingerprint density at radius 3 is 2.52 bits per heavy atom. The first kappa shape index (κ1) is 15.0. The zero-order valence-electron chi connectivity index (χ0n) is 10.4. The lowest BCUT2D eigenvalue weighted by Gasteiger charge is -2.09. The van der Waals surface area contributed by atoms with E-state index < -0.39 is 23.4 Å². The van der Waals surface area contributed by atoms with Gasteiger partial charge in [-0.2, -0.15) is 0 Å². The maximum atomic E-state index is 13.6. The second-order valence-corrected chi connectivity index (χ2v) is 5.00. The molecule has 1 amide bonds. The van der Waals surface area contributed by atoms with Crippen molar-refractivity contribution in [3.63, 3.8) is 0 Å². The van der Waals surface area contributed by atoms with Crippen LogP contribution in [0.25, 0.3) is 0 Å². The van der Waals surface area contributed by atoms with Crippen LogP contribution in [0.5, 0.6) is 5.75 Å². The first-order chi connectivity index (χ1) is 9.90. The predicted octanol–water partition coefficient (Wildman–Crippen LogP) is 3.24. The Morgan fingerprint density at radius 2 is 1.86 bits per heavy atom. The number of halogens is 2. The molecule has 0 heterocycles. The number of rotatable bonds is 3. The van der Waals surface area contributed by atoms with Crippen LogP contribution in [0.15, 0.2) is 40.9 Å². The van der Waals surface area contributed by atoms with Crippen molar-refractivity contribution < 1.29 is 24.2 Å². The van der Waals surface area contributed by atoms with Crippen LogP contribution in [0.3, 0.4) is 0 Å². The lowest BCUT2D eigenvalue weighted by Crippen LogP contribution is -2.14. The second-order valence-electron chi connectivity index (χ2n) is 4.09. The molecule has 2 aromatic carbocycles. The van der Waals surface area contributed by atoms with E-state index >= 15 is 0 Å². The standard InChI is InChI=1S/C14H9BrFNO4/c15-7-4-5-10(16)9(6-7)13(19)17-11-3-1-2-8(12(11)18)14(20)21/h1-6,18H,(H,17,19)(H,20,21). The molecule has 2 aromatic rings. The normalized spacial score (nSPS) is 10.2. The summed E-state index contributed by atoms with van der Waals surface area (Å²) >= 11 is 3.12. The molecule has 0 unspecified atom stereocenters. The van der Waals surface area contributed by atoms with Crippen LogP contribution in [0.1, 0.15) is 20.7 Å². The third-order valence-electron chi connectivity index (χ3n) is 2.69. The average molecular weight is 354 g/mol. The van der Waals surface area contributed by atoms with Crippen LogP contribution in [0, 0.1) is 5.82 Å². The molecule has 0 saturated heterocycles. The number of carbonyl (C=O) groups is 2. The summed E-state index contributed by atoms with van der Waals surface area (Å²) in [5.41, 5.74) is -0.703. The van der Waals surface area contributed by atoms with Crippen molar-refractivity contribution in [2.75, 3.05) is 5.32 Å². The molecular formula is C14H9BrFNO4. The van der Waals surface area contributed by atoms with Gasteiger partial charge in [0.1, 0.15) is 11.4 Å². The predicted molar refractivity (Wildman–Crippen MR) is 77.1 cm³/mol. The second kappa shape index (κ2) is 5.92. The number of benzene rings is 2. The van der Waals surface area contributed by atoms with Crippen molar-refractivity contribution >= 4 is 33.5 Å². The molecule has 0 atom stereocenters. The molecule has 0 spiro atoms. The number of aromatic carboxylic acids is 1. The molecule has 0 bridgehead atoms. The molecule has 0 aromatic heterocycles. The van der Waals surface area contributed by atoms with E-state index in [1.165, 1.54) is 30.3 Å². The summed E-state index contributed by atoms with van der Waals surface area (Å²) in [5, 5.41) is 20.9. The highest BCUT2D eigenvalue weighted by atomic mass is 79.9. The maximum Gasteiger partial charge on any atom is 0.339 e. The molecule has 7 heteroatoms. The number of aromatic hydroxyl groups is 1. The third kappa shape index (κ3) is 3.19. The van der Waals surface area contributed by atoms with Gasteiger partial charge in [-0.05, 0) is 30.3 Å². The number of amides is 1. The zero-order valence-corrected chi connectivity index (χ0v) is 12.0. The summed E-state index contributed by atoms with van der Waals surface area (Å²) in [6.07, 6.45) is 0. The maximum absolute atomic E-state index is 13.6. The smallest absolute Gasteiger partial charge is 0.339 e. The van der Waals surface area contributed by atoms with Gasteiger partial charge in [0.05, 0.1) is 11.3 Å². The number of carboxylic acids is 1. The number of anilines is 1. The fourth-order valence-corrected chi connectivity index (χ4v) is 2.04. The first-order valence-electron chi connectivity index (χ1n) is 5.72. The van der Waals surface area contributed by atoms with Crippen molar-refractivity contribution in [1.29, 1.82) is 0 Å². The number of nitrogens with one attached hydrogen (secondary N) is 1. The Bertz CT molecular complexity index is 733. The summed E-state index contributed by atoms with van der Waals surface area (Å²) in [7, 11) is 0. The minimum Gasteiger partial charge on any atom is -0.505 e. The van der Waals surface area contributed by atoms with Crippen LogP contribution in [0.4, 0.5) is 10.1 Å². The average Bonchev–Trinajstić information content (AvgIpc) is 2.43. The Morgan fingerprint density at radius 1 is 1.14 bits per heavy atom. The van der Waals surface area contributed by atoms with E-state index in [9.17, 15) is 19.1 Å². The lowest BCUT2D eigenvalue weighted by molar-refractivity contribution is 0.0693. The van der Waals surface area contributed by atoms with Crippen molar-refractivity contribution in [1.82, 2.24) is 0 Å². The van der Waals surface area contributed by atoms with E-state index in [1.807, 2.05) is 0 Å². The van der Waals surface area contributed by atoms with Crippen LogP contribution < -0.4 is 5.32 Å². The fraction of sp³-hybridized carbons (Fsp3) is 0. The Kier molecular flexibility index (Phi) is 4.23. The SMILES string of the molecule is O=C(Nc1cccc(C(=O)O)c1O)c1cc(Br)ccc1F. The van der Waals surface area contributed by atoms with Gasteiger partial charge in [-0.15, -0.1) is 0 Å². The molecule has 0 aliphatic carbocycles. The van der Waals surface area contributed by atoms with E-state index in [0.29, 0.717) is 4.47 Å². The molecule has 0 aliphatic rings. The molecule has 0 radical (unpaired) electrons. The monoisotopic (exact) mass is 353 g/mol. The summed E-state index contributed by atoms with van der Waals surface area (Å²) in [4.78, 5) is 22.9. The third-order valence-corrected chi connectivity index (χ3v) is 3.18. The Balaban J connectivity index is 2.34. The van der Waals surface area contributed by atoms with Crippen LogP contribution >= 0.6 is 15.9 Å². The molecule has 21 heavy (non-hydrogen) atoms. The summed E-state index contributed by atoms with van der Waals surface area (Å²) in [5.74, 6) is -3.46. The minimum absolute atomic E-state index is 0.112. The van der Waals surface area contributed by atoms with E-state index in [-0.39, 0.29) is 16.8 Å². The summed E-state index contributed by atoms with van der Waals surface area (Å²) in [6.45, 7) is 0. The van der Waals surface area contributed by atoms with E-state index in [2.05, 4.69) is 21.2 Å². The van der Waals surface area contributed by atoms with Crippen LogP contribution in [-0.2, 0) is 0 Å². The zero-order chi connectivity index (χ0) is 15.6. The van der Waals surface area contributed by atoms with Crippen LogP contribution in [0.2, 0.25) is 0 Å². The van der Waals surface area contributed by atoms with Crippen molar-refractivity contribution in [2.24, 2.45) is 0 Å². The molecule has 0 saturated carbocycles. The largest absolute Gasteiger partial charge is 0.505 e. The van der Waals surface area contributed by atoms with E-state index in [1.54, 1.807) is 0 Å². The van der Waals surface area contributed by atoms with Gasteiger partial charge in [-0.1, -0.05) is 22.0 Å². The minimum atomic E-state index is -1.34.